The van der Waals surface area contributed by atoms with Crippen LogP contribution in [0.5, 0.6) is 0 Å². The minimum Gasteiger partial charge on any atom is -0.394 e. The first-order valence-corrected chi connectivity index (χ1v) is 15.2. The predicted molar refractivity (Wildman–Crippen MR) is 151 cm³/mol. The predicted octanol–water partition coefficient (Wildman–Crippen LogP) is -8.87. The largest absolute Gasteiger partial charge is 0.394 e. The molecule has 0 bridgehead atoms. The molecule has 15 atom stereocenters. The van der Waals surface area contributed by atoms with Gasteiger partial charge < -0.3 is 101 Å². The van der Waals surface area contributed by atoms with Gasteiger partial charge in [-0.05, 0) is 0 Å². The summed E-state index contributed by atoms with van der Waals surface area (Å²) in [4.78, 5) is 11.7. The quantitative estimate of drug-likeness (QED) is 0.0593. The van der Waals surface area contributed by atoms with Crippen LogP contribution in [0.15, 0.2) is 0 Å². The van der Waals surface area contributed by atoms with Gasteiger partial charge in [0.1, 0.15) is 73.2 Å². The van der Waals surface area contributed by atoms with Gasteiger partial charge in [0.05, 0.1) is 46.2 Å². The third kappa shape index (κ3) is 10.6. The maximum absolute atomic E-state index is 11.7. The van der Waals surface area contributed by atoms with Gasteiger partial charge in [-0.1, -0.05) is 0 Å². The molecule has 0 saturated carbocycles. The molecule has 0 aliphatic carbocycles. The Balaban J connectivity index is 1.67. The lowest BCUT2D eigenvalue weighted by atomic mass is 9.96. The van der Waals surface area contributed by atoms with E-state index >= 15 is 0 Å². The van der Waals surface area contributed by atoms with E-state index in [4.69, 9.17) is 38.9 Å². The number of rotatable bonds is 18. The van der Waals surface area contributed by atoms with Crippen LogP contribution < -0.4 is 16.4 Å². The Morgan fingerprint density at radius 1 is 0.617 bits per heavy atom. The summed E-state index contributed by atoms with van der Waals surface area (Å²) in [6, 6.07) is 0. The van der Waals surface area contributed by atoms with Gasteiger partial charge >= 0.3 is 0 Å². The number of aliphatic hydroxyl groups is 10. The van der Waals surface area contributed by atoms with Crippen molar-refractivity contribution in [1.29, 1.82) is 0 Å². The monoisotopic (exact) mass is 691 g/mol. The fourth-order valence-corrected chi connectivity index (χ4v) is 5.09. The van der Waals surface area contributed by atoms with E-state index in [-0.39, 0.29) is 38.8 Å². The summed E-state index contributed by atoms with van der Waals surface area (Å²) in [5.41, 5.74) is 5.35. The Labute approximate surface area is 269 Å². The lowest BCUT2D eigenvalue weighted by Crippen LogP contribution is -2.67. The lowest BCUT2D eigenvalue weighted by molar-refractivity contribution is -0.393. The number of carbonyl (C=O) groups excluding carboxylic acids is 1. The Morgan fingerprint density at radius 3 is 1.70 bits per heavy atom. The molecule has 21 nitrogen and oxygen atoms in total. The maximum atomic E-state index is 11.7. The van der Waals surface area contributed by atoms with Crippen molar-refractivity contribution < 1.29 is 89.0 Å². The fourth-order valence-electron chi connectivity index (χ4n) is 5.09. The number of nitrogens with two attached hydrogens (primary N) is 1. The Bertz CT molecular complexity index is 911. The van der Waals surface area contributed by atoms with Crippen LogP contribution in [0.1, 0.15) is 0 Å². The summed E-state index contributed by atoms with van der Waals surface area (Å²) in [6.45, 7) is -1.24. The molecule has 1 amide bonds. The van der Waals surface area contributed by atoms with E-state index in [1.165, 1.54) is 0 Å². The normalized spacial score (nSPS) is 41.1. The second-order valence-corrected chi connectivity index (χ2v) is 11.1. The summed E-state index contributed by atoms with van der Waals surface area (Å²) in [6.07, 6.45) is -25.4. The van der Waals surface area contributed by atoms with Crippen LogP contribution in [0.3, 0.4) is 0 Å². The van der Waals surface area contributed by atoms with E-state index in [0.717, 1.165) is 0 Å². The zero-order valence-corrected chi connectivity index (χ0v) is 25.5. The first-order valence-electron chi connectivity index (χ1n) is 15.2. The van der Waals surface area contributed by atoms with Gasteiger partial charge in [0.2, 0.25) is 5.91 Å². The number of carbonyl (C=O) groups is 1. The van der Waals surface area contributed by atoms with Gasteiger partial charge in [0, 0.05) is 19.6 Å². The van der Waals surface area contributed by atoms with E-state index in [2.05, 4.69) is 10.6 Å². The molecule has 3 aliphatic heterocycles. The highest BCUT2D eigenvalue weighted by molar-refractivity contribution is 5.77. The molecule has 0 aromatic rings. The minimum atomic E-state index is -1.92. The van der Waals surface area contributed by atoms with Crippen molar-refractivity contribution in [3.63, 3.8) is 0 Å². The lowest BCUT2D eigenvalue weighted by Gasteiger charge is -2.48. The molecule has 276 valence electrons. The zero-order chi connectivity index (χ0) is 34.7. The standard InChI is InChI=1S/C26H49N3O18/c27-1-2-28-7-14(33)29-3-4-41-5-6-42-25-22(19(38)16(35)12(9-31)44-25)47-26-23(20(39)17(36)13(10-32)45-26)46-24-21(40)18(37)15(34)11(8-30)43-24/h11-13,15-26,28,30-32,34-40H,1-10,27H2,(H,29,33)/t11?,12?,13?,15-,16-,17+,18?,19?,20?,21?,22?,23?,24+,25+,26-/m1/s1. The van der Waals surface area contributed by atoms with E-state index < -0.39 is 112 Å². The zero-order valence-electron chi connectivity index (χ0n) is 25.5. The second kappa shape index (κ2) is 19.8. The number of amides is 1. The van der Waals surface area contributed by atoms with Crippen molar-refractivity contribution in [2.45, 2.75) is 92.1 Å². The van der Waals surface area contributed by atoms with Crippen molar-refractivity contribution in [1.82, 2.24) is 10.6 Å². The highest BCUT2D eigenvalue weighted by Gasteiger charge is 2.54. The number of hydrogen-bond acceptors (Lipinski definition) is 20. The topological polar surface area (TPSA) is 334 Å². The molecule has 47 heavy (non-hydrogen) atoms. The van der Waals surface area contributed by atoms with E-state index in [1.54, 1.807) is 0 Å². The summed E-state index contributed by atoms with van der Waals surface area (Å²) < 4.78 is 39.1. The minimum absolute atomic E-state index is 0.0312. The molecule has 3 heterocycles. The summed E-state index contributed by atoms with van der Waals surface area (Å²) in [5, 5.41) is 108. The van der Waals surface area contributed by atoms with Gasteiger partial charge in [-0.15, -0.1) is 0 Å². The van der Waals surface area contributed by atoms with Gasteiger partial charge in [0.15, 0.2) is 18.9 Å². The molecule has 0 aromatic carbocycles. The van der Waals surface area contributed by atoms with Gasteiger partial charge in [-0.25, -0.2) is 0 Å². The third-order valence-corrected chi connectivity index (χ3v) is 7.77. The summed E-state index contributed by atoms with van der Waals surface area (Å²) in [5.74, 6) is -0.253. The molecule has 0 spiro atoms. The molecule has 3 rings (SSSR count). The molecule has 3 aliphatic rings. The van der Waals surface area contributed by atoms with Crippen molar-refractivity contribution in [3.8, 4) is 0 Å². The van der Waals surface area contributed by atoms with Crippen LogP contribution in [0.2, 0.25) is 0 Å². The first kappa shape index (κ1) is 40.1. The van der Waals surface area contributed by atoms with Crippen molar-refractivity contribution in [3.05, 3.63) is 0 Å². The fraction of sp³-hybridized carbons (Fsp3) is 0.962. The number of nitrogens with one attached hydrogen (secondary N) is 2. The summed E-state index contributed by atoms with van der Waals surface area (Å²) >= 11 is 0. The van der Waals surface area contributed by atoms with Crippen LogP contribution in [-0.4, -0.2) is 215 Å². The molecular weight excluding hydrogens is 642 g/mol. The highest BCUT2D eigenvalue weighted by Crippen LogP contribution is 2.33. The molecule has 0 aromatic heterocycles. The number of hydrogen-bond donors (Lipinski definition) is 13. The van der Waals surface area contributed by atoms with Crippen LogP contribution in [0.25, 0.3) is 0 Å². The highest BCUT2D eigenvalue weighted by atomic mass is 16.8. The van der Waals surface area contributed by atoms with Crippen molar-refractivity contribution >= 4 is 5.91 Å². The molecular formula is C26H49N3O18. The Kier molecular flexibility index (Phi) is 16.9. The van der Waals surface area contributed by atoms with Crippen LogP contribution in [0, 0.1) is 0 Å². The summed E-state index contributed by atoms with van der Waals surface area (Å²) in [7, 11) is 0. The van der Waals surface area contributed by atoms with E-state index in [1.807, 2.05) is 0 Å². The van der Waals surface area contributed by atoms with Gasteiger partial charge in [-0.3, -0.25) is 4.79 Å². The van der Waals surface area contributed by atoms with Gasteiger partial charge in [0.25, 0.3) is 0 Å². The number of ether oxygens (including phenoxy) is 7. The Morgan fingerprint density at radius 2 is 1.13 bits per heavy atom. The van der Waals surface area contributed by atoms with Crippen LogP contribution in [0.4, 0.5) is 0 Å². The molecule has 14 N–H and O–H groups in total. The number of aliphatic hydroxyl groups excluding tert-OH is 10. The average molecular weight is 692 g/mol. The molecule has 3 fully saturated rings. The molecule has 3 saturated heterocycles. The van der Waals surface area contributed by atoms with Crippen LogP contribution in [-0.2, 0) is 38.0 Å². The van der Waals surface area contributed by atoms with E-state index in [9.17, 15) is 55.9 Å². The smallest absolute Gasteiger partial charge is 0.234 e. The van der Waals surface area contributed by atoms with E-state index in [0.29, 0.717) is 13.1 Å². The van der Waals surface area contributed by atoms with Gasteiger partial charge in [-0.2, -0.15) is 0 Å². The third-order valence-electron chi connectivity index (χ3n) is 7.77. The Hall–Kier alpha value is -1.29. The van der Waals surface area contributed by atoms with Crippen molar-refractivity contribution in [2.75, 3.05) is 65.8 Å². The average Bonchev–Trinajstić information content (AvgIpc) is 3.06. The maximum Gasteiger partial charge on any atom is 0.234 e. The van der Waals surface area contributed by atoms with Crippen LogP contribution >= 0.6 is 0 Å². The molecule has 9 unspecified atom stereocenters. The first-order chi connectivity index (χ1) is 22.5. The SMILES string of the molecule is NCCNCC(=O)NCCOCCO[C@H]1OC(CO)[C@@H](O)C(O)C1O[C@H]1OC(CO)[C@H](O)C(O)C1O[C@@H]1OC(CO)[C@@H](O)C(O)C1O. The van der Waals surface area contributed by atoms with Crippen molar-refractivity contribution in [2.24, 2.45) is 5.73 Å². The second-order valence-electron chi connectivity index (χ2n) is 11.1. The molecule has 0 radical (unpaired) electrons. The molecule has 21 heteroatoms.